The first-order valence-electron chi connectivity index (χ1n) is 3.63. The Morgan fingerprint density at radius 2 is 2.14 bits per heavy atom. The Bertz CT molecular complexity index is 499. The second-order valence-corrected chi connectivity index (χ2v) is 3.87. The zero-order valence-corrected chi connectivity index (χ0v) is 9.29. The van der Waals surface area contributed by atoms with Crippen LogP contribution in [0.25, 0.3) is 11.0 Å². The maximum atomic E-state index is 12.6. The minimum absolute atomic E-state index is 0.0382. The molecule has 2 rings (SSSR count). The molecule has 0 aromatic carbocycles. The number of nitrogens with zero attached hydrogens (tertiary/aromatic N) is 3. The Morgan fingerprint density at radius 1 is 1.43 bits per heavy atom. The van der Waals surface area contributed by atoms with Crippen molar-refractivity contribution in [1.29, 1.82) is 0 Å². The number of pyridine rings is 1. The highest BCUT2D eigenvalue weighted by atomic mass is 35.5. The SMILES string of the molecule is Cc1nc2cc(Cl)nc(Cl)c2n1SF. The van der Waals surface area contributed by atoms with E-state index < -0.39 is 0 Å². The summed E-state index contributed by atoms with van der Waals surface area (Å²) in [6.45, 7) is 1.68. The molecule has 0 spiro atoms. The number of imidazole rings is 1. The van der Waals surface area contributed by atoms with E-state index in [9.17, 15) is 3.89 Å². The Hall–Kier alpha value is -0.520. The number of hydrogen-bond acceptors (Lipinski definition) is 3. The smallest absolute Gasteiger partial charge is 0.171 e. The van der Waals surface area contributed by atoms with Crippen LogP contribution in [0.1, 0.15) is 5.82 Å². The van der Waals surface area contributed by atoms with Gasteiger partial charge in [0.15, 0.2) is 17.5 Å². The number of aryl methyl sites for hydroxylation is 1. The molecule has 0 radical (unpaired) electrons. The fraction of sp³-hybridized carbons (Fsp3) is 0.143. The minimum atomic E-state index is 0.0382. The molecule has 74 valence electrons. The normalized spacial score (nSPS) is 11.1. The van der Waals surface area contributed by atoms with E-state index in [1.807, 2.05) is 0 Å². The van der Waals surface area contributed by atoms with Crippen molar-refractivity contribution >= 4 is 46.6 Å². The van der Waals surface area contributed by atoms with E-state index in [1.54, 1.807) is 13.0 Å². The van der Waals surface area contributed by atoms with Gasteiger partial charge in [0.25, 0.3) is 0 Å². The lowest BCUT2D eigenvalue weighted by atomic mass is 10.4. The molecule has 0 saturated carbocycles. The maximum Gasteiger partial charge on any atom is 0.171 e. The topological polar surface area (TPSA) is 30.7 Å². The molecule has 0 saturated heterocycles. The van der Waals surface area contributed by atoms with E-state index in [0.29, 0.717) is 16.9 Å². The number of halogens is 3. The molecule has 0 bridgehead atoms. The van der Waals surface area contributed by atoms with Crippen LogP contribution in [0.2, 0.25) is 10.3 Å². The summed E-state index contributed by atoms with van der Waals surface area (Å²) in [5, 5.41) is 0.397. The van der Waals surface area contributed by atoms with Gasteiger partial charge in [-0.2, -0.15) is 0 Å². The van der Waals surface area contributed by atoms with Gasteiger partial charge < -0.3 is 0 Å². The Labute approximate surface area is 93.7 Å². The van der Waals surface area contributed by atoms with Gasteiger partial charge in [0.1, 0.15) is 16.5 Å². The van der Waals surface area contributed by atoms with Crippen LogP contribution >= 0.6 is 35.5 Å². The van der Waals surface area contributed by atoms with Crippen LogP contribution in [0.5, 0.6) is 0 Å². The number of aromatic nitrogens is 3. The Balaban J connectivity index is 2.88. The van der Waals surface area contributed by atoms with Crippen molar-refractivity contribution in [1.82, 2.24) is 13.9 Å². The van der Waals surface area contributed by atoms with E-state index in [1.165, 1.54) is 3.97 Å². The van der Waals surface area contributed by atoms with Crippen molar-refractivity contribution < 1.29 is 3.89 Å². The highest BCUT2D eigenvalue weighted by molar-refractivity contribution is 7.93. The fourth-order valence-corrected chi connectivity index (χ4v) is 2.15. The molecular formula is C7H4Cl2FN3S. The molecule has 0 aliphatic rings. The Kier molecular flexibility index (Phi) is 2.55. The molecule has 7 heteroatoms. The third-order valence-corrected chi connectivity index (χ3v) is 2.79. The van der Waals surface area contributed by atoms with Crippen LogP contribution in [0, 0.1) is 6.92 Å². The molecule has 2 heterocycles. The molecule has 0 unspecified atom stereocenters. The zero-order chi connectivity index (χ0) is 10.3. The number of hydrogen-bond donors (Lipinski definition) is 0. The van der Waals surface area contributed by atoms with E-state index >= 15 is 0 Å². The fourth-order valence-electron chi connectivity index (χ4n) is 1.20. The standard InChI is InChI=1S/C7H4Cl2FN3S/c1-3-11-4-2-5(8)12-7(9)6(4)13(3)14-10/h2H,1H3. The highest BCUT2D eigenvalue weighted by Gasteiger charge is 2.13. The van der Waals surface area contributed by atoms with Gasteiger partial charge in [-0.1, -0.05) is 23.2 Å². The molecule has 3 nitrogen and oxygen atoms in total. The van der Waals surface area contributed by atoms with Gasteiger partial charge >= 0.3 is 0 Å². The minimum Gasteiger partial charge on any atom is -0.239 e. The summed E-state index contributed by atoms with van der Waals surface area (Å²) in [5.41, 5.74) is 0.985. The van der Waals surface area contributed by atoms with Gasteiger partial charge in [-0.25, -0.2) is 13.9 Å². The molecule has 0 amide bonds. The van der Waals surface area contributed by atoms with Crippen molar-refractivity contribution in [3.8, 4) is 0 Å². The first kappa shape index (κ1) is 10.0. The second kappa shape index (κ2) is 3.56. The van der Waals surface area contributed by atoms with Crippen LogP contribution in [-0.4, -0.2) is 13.9 Å². The predicted molar refractivity (Wildman–Crippen MR) is 56.4 cm³/mol. The van der Waals surface area contributed by atoms with Crippen molar-refractivity contribution in [2.45, 2.75) is 6.92 Å². The first-order valence-corrected chi connectivity index (χ1v) is 5.06. The summed E-state index contributed by atoms with van der Waals surface area (Å²) in [4.78, 5) is 7.91. The molecule has 14 heavy (non-hydrogen) atoms. The van der Waals surface area contributed by atoms with Gasteiger partial charge in [0.05, 0.1) is 5.52 Å². The third-order valence-electron chi connectivity index (χ3n) is 1.75. The van der Waals surface area contributed by atoms with Crippen LogP contribution in [-0.2, 0) is 0 Å². The molecular weight excluding hydrogens is 248 g/mol. The van der Waals surface area contributed by atoms with Crippen molar-refractivity contribution in [3.63, 3.8) is 0 Å². The molecule has 0 aliphatic heterocycles. The lowest BCUT2D eigenvalue weighted by Crippen LogP contribution is -1.88. The van der Waals surface area contributed by atoms with E-state index in [2.05, 4.69) is 9.97 Å². The average Bonchev–Trinajstić information content (AvgIpc) is 2.40. The molecule has 0 fully saturated rings. The summed E-state index contributed by atoms with van der Waals surface area (Å²) in [6, 6.07) is 1.54. The average molecular weight is 252 g/mol. The summed E-state index contributed by atoms with van der Waals surface area (Å²) in [7, 11) is 0. The summed E-state index contributed by atoms with van der Waals surface area (Å²) in [6.07, 6.45) is 0. The second-order valence-electron chi connectivity index (χ2n) is 2.63. The first-order chi connectivity index (χ1) is 6.63. The van der Waals surface area contributed by atoms with Gasteiger partial charge in [-0.3, -0.25) is 0 Å². The molecule has 0 aliphatic carbocycles. The molecule has 0 N–H and O–H groups in total. The monoisotopic (exact) mass is 251 g/mol. The lowest BCUT2D eigenvalue weighted by molar-refractivity contribution is 0.910. The van der Waals surface area contributed by atoms with Crippen molar-refractivity contribution in [2.24, 2.45) is 0 Å². The highest BCUT2D eigenvalue weighted by Crippen LogP contribution is 2.28. The van der Waals surface area contributed by atoms with Gasteiger partial charge in [0, 0.05) is 6.07 Å². The van der Waals surface area contributed by atoms with Crippen molar-refractivity contribution in [2.75, 3.05) is 0 Å². The van der Waals surface area contributed by atoms with Gasteiger partial charge in [-0.05, 0) is 6.92 Å². The molecule has 2 aromatic heterocycles. The zero-order valence-electron chi connectivity index (χ0n) is 6.96. The molecule has 0 atom stereocenters. The summed E-state index contributed by atoms with van der Waals surface area (Å²) >= 11 is 11.5. The summed E-state index contributed by atoms with van der Waals surface area (Å²) in [5.74, 6) is 0.512. The predicted octanol–water partition coefficient (Wildman–Crippen LogP) is 3.43. The van der Waals surface area contributed by atoms with E-state index in [-0.39, 0.29) is 22.6 Å². The van der Waals surface area contributed by atoms with Crippen LogP contribution in [0.4, 0.5) is 3.89 Å². The van der Waals surface area contributed by atoms with Crippen molar-refractivity contribution in [3.05, 3.63) is 22.2 Å². The van der Waals surface area contributed by atoms with E-state index in [0.717, 1.165) is 0 Å². The molecule has 2 aromatic rings. The third kappa shape index (κ3) is 1.45. The van der Waals surface area contributed by atoms with Crippen LogP contribution < -0.4 is 0 Å². The van der Waals surface area contributed by atoms with E-state index in [4.69, 9.17) is 23.2 Å². The Morgan fingerprint density at radius 3 is 2.79 bits per heavy atom. The number of fused-ring (bicyclic) bond motifs is 1. The van der Waals surface area contributed by atoms with Crippen LogP contribution in [0.3, 0.4) is 0 Å². The van der Waals surface area contributed by atoms with Gasteiger partial charge in [-0.15, -0.1) is 3.89 Å². The number of rotatable bonds is 1. The maximum absolute atomic E-state index is 12.6. The quantitative estimate of drug-likeness (QED) is 0.728. The van der Waals surface area contributed by atoms with Gasteiger partial charge in [0.2, 0.25) is 0 Å². The largest absolute Gasteiger partial charge is 0.239 e. The lowest BCUT2D eigenvalue weighted by Gasteiger charge is -1.98. The van der Waals surface area contributed by atoms with Crippen LogP contribution in [0.15, 0.2) is 6.07 Å². The summed E-state index contributed by atoms with van der Waals surface area (Å²) < 4.78 is 13.8.